The largest absolute Gasteiger partial charge is 0.497 e. The van der Waals surface area contributed by atoms with Gasteiger partial charge in [-0.05, 0) is 18.1 Å². The number of ether oxygens (including phenoxy) is 2. The molecule has 0 saturated carbocycles. The molecule has 0 amide bonds. The molecule has 0 aliphatic heterocycles. The van der Waals surface area contributed by atoms with Crippen LogP contribution in [-0.4, -0.2) is 27.4 Å². The van der Waals surface area contributed by atoms with E-state index in [1.165, 1.54) is 0 Å². The van der Waals surface area contributed by atoms with Crippen LogP contribution in [0.1, 0.15) is 5.56 Å². The predicted octanol–water partition coefficient (Wildman–Crippen LogP) is 0.752. The van der Waals surface area contributed by atoms with Crippen LogP contribution in [0.3, 0.4) is 0 Å². The minimum Gasteiger partial charge on any atom is -0.497 e. The van der Waals surface area contributed by atoms with E-state index in [0.29, 0.717) is 6.67 Å². The van der Waals surface area contributed by atoms with Crippen LogP contribution in [0.25, 0.3) is 0 Å². The molecule has 0 heterocycles. The summed E-state index contributed by atoms with van der Waals surface area (Å²) in [4.78, 5) is 0. The number of benzene rings is 1. The van der Waals surface area contributed by atoms with Gasteiger partial charge in [-0.3, -0.25) is 0 Å². The van der Waals surface area contributed by atoms with Crippen molar-refractivity contribution in [1.29, 1.82) is 0 Å². The molecular weight excluding hydrogens is 192 g/mol. The molecule has 0 saturated heterocycles. The average Bonchev–Trinajstić information content (AvgIpc) is 2.29. The Labute approximate surface area is 90.4 Å². The highest BCUT2D eigenvalue weighted by Gasteiger charge is 2.03. The first kappa shape index (κ1) is 11.8. The summed E-state index contributed by atoms with van der Waals surface area (Å²) in [5.74, 6) is 1.66. The van der Waals surface area contributed by atoms with Crippen LogP contribution in [0.15, 0.2) is 18.2 Å². The van der Waals surface area contributed by atoms with Gasteiger partial charge >= 0.3 is 0 Å². The van der Waals surface area contributed by atoms with Crippen molar-refractivity contribution in [3.63, 3.8) is 0 Å². The van der Waals surface area contributed by atoms with Gasteiger partial charge in [0.2, 0.25) is 0 Å². The summed E-state index contributed by atoms with van der Waals surface area (Å²) in [7, 11) is 3.30. The number of hydrogen-bond acceptors (Lipinski definition) is 4. The van der Waals surface area contributed by atoms with Crippen LogP contribution in [0.2, 0.25) is 0 Å². The Kier molecular flexibility index (Phi) is 4.93. The highest BCUT2D eigenvalue weighted by molar-refractivity contribution is 5.40. The number of hydrogen-bond donors (Lipinski definition) is 2. The molecule has 1 rings (SSSR count). The van der Waals surface area contributed by atoms with Crippen LogP contribution in [0.5, 0.6) is 11.5 Å². The van der Waals surface area contributed by atoms with E-state index < -0.39 is 0 Å². The highest BCUT2D eigenvalue weighted by atomic mass is 16.5. The fourth-order valence-electron chi connectivity index (χ4n) is 1.38. The van der Waals surface area contributed by atoms with E-state index in [0.717, 1.165) is 30.0 Å². The lowest BCUT2D eigenvalue weighted by atomic mass is 10.1. The van der Waals surface area contributed by atoms with Gasteiger partial charge in [-0.15, -0.1) is 0 Å². The van der Waals surface area contributed by atoms with Gasteiger partial charge in [-0.25, -0.2) is 0 Å². The topological polar surface area (TPSA) is 56.5 Å². The summed E-state index contributed by atoms with van der Waals surface area (Å²) in [5.41, 5.74) is 6.50. The molecule has 1 aromatic carbocycles. The number of nitrogens with one attached hydrogen (secondary N) is 1. The molecule has 0 radical (unpaired) electrons. The summed E-state index contributed by atoms with van der Waals surface area (Å²) in [6.45, 7) is 1.34. The molecule has 0 bridgehead atoms. The fourth-order valence-corrected chi connectivity index (χ4v) is 1.38. The van der Waals surface area contributed by atoms with Crippen LogP contribution < -0.4 is 20.5 Å². The minimum atomic E-state index is 0.498. The highest BCUT2D eigenvalue weighted by Crippen LogP contribution is 2.24. The lowest BCUT2D eigenvalue weighted by Gasteiger charge is -2.10. The molecule has 0 aromatic heterocycles. The van der Waals surface area contributed by atoms with Crippen molar-refractivity contribution in [3.05, 3.63) is 23.8 Å². The zero-order chi connectivity index (χ0) is 11.1. The number of methoxy groups -OCH3 is 2. The molecule has 1 aromatic rings. The summed E-state index contributed by atoms with van der Waals surface area (Å²) in [6.07, 6.45) is 0.893. The van der Waals surface area contributed by atoms with Gasteiger partial charge in [0.1, 0.15) is 11.5 Å². The second kappa shape index (κ2) is 6.27. The smallest absolute Gasteiger partial charge is 0.125 e. The van der Waals surface area contributed by atoms with Gasteiger partial charge in [0.25, 0.3) is 0 Å². The molecule has 84 valence electrons. The normalized spacial score (nSPS) is 10.1. The van der Waals surface area contributed by atoms with E-state index in [4.69, 9.17) is 15.2 Å². The summed E-state index contributed by atoms with van der Waals surface area (Å²) in [5, 5.41) is 3.07. The molecule has 0 aliphatic carbocycles. The Bertz CT molecular complexity index is 303. The van der Waals surface area contributed by atoms with Crippen LogP contribution >= 0.6 is 0 Å². The summed E-state index contributed by atoms with van der Waals surface area (Å²) in [6, 6.07) is 5.83. The second-order valence-electron chi connectivity index (χ2n) is 3.13. The Hall–Kier alpha value is -1.26. The van der Waals surface area contributed by atoms with Gasteiger partial charge in [0.15, 0.2) is 0 Å². The Morgan fingerprint density at radius 1 is 1.27 bits per heavy atom. The van der Waals surface area contributed by atoms with Gasteiger partial charge < -0.3 is 20.5 Å². The standard InChI is InChI=1S/C11H18N2O2/c1-14-10-4-3-9(5-6-13-8-12)11(7-10)15-2/h3-4,7,13H,5-6,8,12H2,1-2H3. The van der Waals surface area contributed by atoms with Crippen molar-refractivity contribution in [2.75, 3.05) is 27.4 Å². The SMILES string of the molecule is COc1ccc(CCNCN)c(OC)c1. The van der Waals surface area contributed by atoms with Crippen molar-refractivity contribution < 1.29 is 9.47 Å². The number of rotatable bonds is 6. The van der Waals surface area contributed by atoms with Crippen molar-refractivity contribution in [1.82, 2.24) is 5.32 Å². The van der Waals surface area contributed by atoms with Gasteiger partial charge in [0, 0.05) is 19.3 Å². The monoisotopic (exact) mass is 210 g/mol. The zero-order valence-corrected chi connectivity index (χ0v) is 9.25. The van der Waals surface area contributed by atoms with Crippen molar-refractivity contribution in [2.24, 2.45) is 5.73 Å². The van der Waals surface area contributed by atoms with Gasteiger partial charge in [0.05, 0.1) is 14.2 Å². The van der Waals surface area contributed by atoms with Gasteiger partial charge in [-0.1, -0.05) is 6.07 Å². The van der Waals surface area contributed by atoms with Crippen LogP contribution in [0, 0.1) is 0 Å². The minimum absolute atomic E-state index is 0.498. The molecule has 0 spiro atoms. The van der Waals surface area contributed by atoms with E-state index in [1.807, 2.05) is 18.2 Å². The Morgan fingerprint density at radius 3 is 2.67 bits per heavy atom. The van der Waals surface area contributed by atoms with Crippen molar-refractivity contribution in [3.8, 4) is 11.5 Å². The predicted molar refractivity (Wildman–Crippen MR) is 60.3 cm³/mol. The lowest BCUT2D eigenvalue weighted by molar-refractivity contribution is 0.390. The van der Waals surface area contributed by atoms with Gasteiger partial charge in [-0.2, -0.15) is 0 Å². The molecule has 0 unspecified atom stereocenters. The third kappa shape index (κ3) is 3.42. The van der Waals surface area contributed by atoms with E-state index in [-0.39, 0.29) is 0 Å². The summed E-state index contributed by atoms with van der Waals surface area (Å²) < 4.78 is 10.4. The molecule has 4 nitrogen and oxygen atoms in total. The molecule has 15 heavy (non-hydrogen) atoms. The molecule has 0 aliphatic rings. The number of nitrogens with two attached hydrogens (primary N) is 1. The molecular formula is C11H18N2O2. The van der Waals surface area contributed by atoms with E-state index in [2.05, 4.69) is 5.32 Å². The van der Waals surface area contributed by atoms with Crippen LogP contribution in [0.4, 0.5) is 0 Å². The Morgan fingerprint density at radius 2 is 2.07 bits per heavy atom. The van der Waals surface area contributed by atoms with Crippen molar-refractivity contribution >= 4 is 0 Å². The first-order valence-electron chi connectivity index (χ1n) is 4.93. The maximum atomic E-state index is 5.35. The quantitative estimate of drug-likeness (QED) is 0.537. The molecule has 0 fully saturated rings. The fraction of sp³-hybridized carbons (Fsp3) is 0.455. The van der Waals surface area contributed by atoms with Crippen LogP contribution in [-0.2, 0) is 6.42 Å². The van der Waals surface area contributed by atoms with Crippen molar-refractivity contribution in [2.45, 2.75) is 6.42 Å². The first-order chi connectivity index (χ1) is 7.31. The Balaban J connectivity index is 2.69. The third-order valence-corrected chi connectivity index (χ3v) is 2.21. The third-order valence-electron chi connectivity index (χ3n) is 2.21. The van der Waals surface area contributed by atoms with E-state index in [1.54, 1.807) is 14.2 Å². The lowest BCUT2D eigenvalue weighted by Crippen LogP contribution is -2.24. The molecule has 0 atom stereocenters. The molecule has 4 heteroatoms. The summed E-state index contributed by atoms with van der Waals surface area (Å²) >= 11 is 0. The maximum Gasteiger partial charge on any atom is 0.125 e. The van der Waals surface area contributed by atoms with E-state index in [9.17, 15) is 0 Å². The maximum absolute atomic E-state index is 5.35. The first-order valence-corrected chi connectivity index (χ1v) is 4.93. The second-order valence-corrected chi connectivity index (χ2v) is 3.13. The average molecular weight is 210 g/mol. The zero-order valence-electron chi connectivity index (χ0n) is 9.25. The molecule has 3 N–H and O–H groups in total. The van der Waals surface area contributed by atoms with E-state index >= 15 is 0 Å².